The SMILES string of the molecule is CCOC(=O)NCCNC(=O)C(C)SCc1ccccc1. The Morgan fingerprint density at radius 3 is 2.52 bits per heavy atom. The third kappa shape index (κ3) is 7.60. The monoisotopic (exact) mass is 310 g/mol. The number of amides is 2. The number of alkyl carbamates (subject to hydrolysis) is 1. The molecule has 0 aliphatic heterocycles. The molecule has 6 heteroatoms. The molecule has 2 amide bonds. The predicted molar refractivity (Wildman–Crippen MR) is 85.2 cm³/mol. The Kier molecular flexibility index (Phi) is 8.35. The van der Waals surface area contributed by atoms with Crippen molar-refractivity contribution in [3.05, 3.63) is 35.9 Å². The number of ether oxygens (including phenoxy) is 1. The van der Waals surface area contributed by atoms with Crippen molar-refractivity contribution >= 4 is 23.8 Å². The molecule has 1 rings (SSSR count). The molecular weight excluding hydrogens is 288 g/mol. The normalized spacial score (nSPS) is 11.5. The van der Waals surface area contributed by atoms with Gasteiger partial charge in [0.25, 0.3) is 0 Å². The Morgan fingerprint density at radius 2 is 1.86 bits per heavy atom. The van der Waals surface area contributed by atoms with Gasteiger partial charge in [0, 0.05) is 18.8 Å². The highest BCUT2D eigenvalue weighted by molar-refractivity contribution is 7.99. The Morgan fingerprint density at radius 1 is 1.19 bits per heavy atom. The minimum absolute atomic E-state index is 0.0263. The molecule has 0 fully saturated rings. The molecule has 0 radical (unpaired) electrons. The van der Waals surface area contributed by atoms with Crippen LogP contribution in [0.1, 0.15) is 19.4 Å². The lowest BCUT2D eigenvalue weighted by Gasteiger charge is -2.12. The van der Waals surface area contributed by atoms with Crippen LogP contribution in [0.4, 0.5) is 4.79 Å². The first-order valence-corrected chi connectivity index (χ1v) is 8.02. The van der Waals surface area contributed by atoms with Crippen molar-refractivity contribution in [3.63, 3.8) is 0 Å². The zero-order valence-electron chi connectivity index (χ0n) is 12.4. The predicted octanol–water partition coefficient (Wildman–Crippen LogP) is 2.17. The molecule has 1 aromatic rings. The molecule has 0 heterocycles. The summed E-state index contributed by atoms with van der Waals surface area (Å²) in [5.41, 5.74) is 1.20. The van der Waals surface area contributed by atoms with E-state index in [0.717, 1.165) is 5.75 Å². The van der Waals surface area contributed by atoms with Crippen LogP contribution in [0.25, 0.3) is 0 Å². The van der Waals surface area contributed by atoms with Crippen molar-refractivity contribution in [1.82, 2.24) is 10.6 Å². The second kappa shape index (κ2) is 10.1. The van der Waals surface area contributed by atoms with E-state index in [2.05, 4.69) is 10.6 Å². The van der Waals surface area contributed by atoms with Gasteiger partial charge in [0.2, 0.25) is 5.91 Å². The average molecular weight is 310 g/mol. The first kappa shape index (κ1) is 17.4. The molecule has 1 unspecified atom stereocenters. The summed E-state index contributed by atoms with van der Waals surface area (Å²) in [6.07, 6.45) is -0.460. The van der Waals surface area contributed by atoms with Crippen LogP contribution in [-0.4, -0.2) is 36.9 Å². The van der Waals surface area contributed by atoms with Gasteiger partial charge in [-0.15, -0.1) is 11.8 Å². The molecule has 21 heavy (non-hydrogen) atoms. The summed E-state index contributed by atoms with van der Waals surface area (Å²) in [4.78, 5) is 22.9. The largest absolute Gasteiger partial charge is 0.450 e. The van der Waals surface area contributed by atoms with Crippen molar-refractivity contribution in [2.75, 3.05) is 19.7 Å². The number of thioether (sulfide) groups is 1. The standard InChI is InChI=1S/C15H22N2O3S/c1-3-20-15(19)17-10-9-16-14(18)12(2)21-11-13-7-5-4-6-8-13/h4-8,12H,3,9-11H2,1-2H3,(H,16,18)(H,17,19). The lowest BCUT2D eigenvalue weighted by molar-refractivity contribution is -0.120. The van der Waals surface area contributed by atoms with Crippen molar-refractivity contribution < 1.29 is 14.3 Å². The molecule has 116 valence electrons. The van der Waals surface area contributed by atoms with E-state index in [4.69, 9.17) is 4.74 Å². The number of benzene rings is 1. The summed E-state index contributed by atoms with van der Waals surface area (Å²) >= 11 is 1.59. The summed E-state index contributed by atoms with van der Waals surface area (Å²) in [6, 6.07) is 10.0. The third-order valence-corrected chi connectivity index (χ3v) is 3.90. The maximum atomic E-state index is 11.9. The van der Waals surface area contributed by atoms with E-state index in [0.29, 0.717) is 19.7 Å². The lowest BCUT2D eigenvalue weighted by Crippen LogP contribution is -2.38. The van der Waals surface area contributed by atoms with E-state index >= 15 is 0 Å². The van der Waals surface area contributed by atoms with Gasteiger partial charge in [-0.2, -0.15) is 0 Å². The number of hydrogen-bond acceptors (Lipinski definition) is 4. The molecule has 0 bridgehead atoms. The van der Waals surface area contributed by atoms with Gasteiger partial charge < -0.3 is 15.4 Å². The van der Waals surface area contributed by atoms with E-state index < -0.39 is 6.09 Å². The highest BCUT2D eigenvalue weighted by atomic mass is 32.2. The first-order valence-electron chi connectivity index (χ1n) is 6.97. The van der Waals surface area contributed by atoms with E-state index in [-0.39, 0.29) is 11.2 Å². The van der Waals surface area contributed by atoms with Crippen LogP contribution >= 0.6 is 11.8 Å². The maximum Gasteiger partial charge on any atom is 0.407 e. The van der Waals surface area contributed by atoms with Crippen molar-refractivity contribution in [1.29, 1.82) is 0 Å². The fourth-order valence-electron chi connectivity index (χ4n) is 1.55. The second-order valence-electron chi connectivity index (χ2n) is 4.38. The van der Waals surface area contributed by atoms with Crippen LogP contribution in [0.3, 0.4) is 0 Å². The molecule has 0 saturated carbocycles. The number of nitrogens with one attached hydrogen (secondary N) is 2. The van der Waals surface area contributed by atoms with E-state index in [9.17, 15) is 9.59 Å². The van der Waals surface area contributed by atoms with Gasteiger partial charge in [0.1, 0.15) is 0 Å². The van der Waals surface area contributed by atoms with Crippen molar-refractivity contribution in [2.45, 2.75) is 24.9 Å². The molecule has 1 atom stereocenters. The van der Waals surface area contributed by atoms with Crippen LogP contribution in [0.15, 0.2) is 30.3 Å². The van der Waals surface area contributed by atoms with Gasteiger partial charge in [-0.1, -0.05) is 30.3 Å². The number of carbonyl (C=O) groups excluding carboxylic acids is 2. The van der Waals surface area contributed by atoms with Gasteiger partial charge in [-0.05, 0) is 19.4 Å². The van der Waals surface area contributed by atoms with E-state index in [1.807, 2.05) is 37.3 Å². The fraction of sp³-hybridized carbons (Fsp3) is 0.467. The van der Waals surface area contributed by atoms with Crippen molar-refractivity contribution in [3.8, 4) is 0 Å². The van der Waals surface area contributed by atoms with Gasteiger partial charge >= 0.3 is 6.09 Å². The average Bonchev–Trinajstić information content (AvgIpc) is 2.50. The minimum Gasteiger partial charge on any atom is -0.450 e. The van der Waals surface area contributed by atoms with Crippen LogP contribution in [0.2, 0.25) is 0 Å². The molecule has 0 aliphatic carbocycles. The summed E-state index contributed by atoms with van der Waals surface area (Å²) in [5.74, 6) is 0.776. The van der Waals surface area contributed by atoms with Crippen LogP contribution in [0.5, 0.6) is 0 Å². The number of rotatable bonds is 8. The molecule has 0 spiro atoms. The Balaban J connectivity index is 2.15. The maximum absolute atomic E-state index is 11.9. The zero-order valence-corrected chi connectivity index (χ0v) is 13.2. The third-order valence-electron chi connectivity index (χ3n) is 2.68. The quantitative estimate of drug-likeness (QED) is 0.722. The van der Waals surface area contributed by atoms with Gasteiger partial charge in [0.05, 0.1) is 11.9 Å². The molecule has 0 saturated heterocycles. The summed E-state index contributed by atoms with van der Waals surface area (Å²) in [5, 5.41) is 5.21. The van der Waals surface area contributed by atoms with E-state index in [1.165, 1.54) is 5.56 Å². The van der Waals surface area contributed by atoms with Crippen molar-refractivity contribution in [2.24, 2.45) is 0 Å². The topological polar surface area (TPSA) is 67.4 Å². The summed E-state index contributed by atoms with van der Waals surface area (Å²) in [7, 11) is 0. The fourth-order valence-corrected chi connectivity index (χ4v) is 2.42. The Hall–Kier alpha value is -1.69. The Labute approximate surface area is 129 Å². The first-order chi connectivity index (χ1) is 10.1. The lowest BCUT2D eigenvalue weighted by atomic mass is 10.2. The van der Waals surface area contributed by atoms with Crippen LogP contribution in [0, 0.1) is 0 Å². The molecule has 5 nitrogen and oxygen atoms in total. The zero-order chi connectivity index (χ0) is 15.5. The van der Waals surface area contributed by atoms with Gasteiger partial charge in [-0.3, -0.25) is 4.79 Å². The molecular formula is C15H22N2O3S. The van der Waals surface area contributed by atoms with Gasteiger partial charge in [0.15, 0.2) is 0 Å². The number of hydrogen-bond donors (Lipinski definition) is 2. The summed E-state index contributed by atoms with van der Waals surface area (Å²) < 4.78 is 4.72. The molecule has 1 aromatic carbocycles. The van der Waals surface area contributed by atoms with Crippen LogP contribution < -0.4 is 10.6 Å². The molecule has 2 N–H and O–H groups in total. The highest BCUT2D eigenvalue weighted by Gasteiger charge is 2.12. The molecule has 0 aromatic heterocycles. The molecule has 0 aliphatic rings. The Bertz CT molecular complexity index is 440. The van der Waals surface area contributed by atoms with Gasteiger partial charge in [-0.25, -0.2) is 4.79 Å². The van der Waals surface area contributed by atoms with Crippen LogP contribution in [-0.2, 0) is 15.3 Å². The van der Waals surface area contributed by atoms with E-state index in [1.54, 1.807) is 18.7 Å². The summed E-state index contributed by atoms with van der Waals surface area (Å²) in [6.45, 7) is 4.72. The number of carbonyl (C=O) groups is 2. The minimum atomic E-state index is -0.460. The second-order valence-corrected chi connectivity index (χ2v) is 5.71. The smallest absolute Gasteiger partial charge is 0.407 e. The highest BCUT2D eigenvalue weighted by Crippen LogP contribution is 2.17.